The van der Waals surface area contributed by atoms with Crippen LogP contribution in [0.2, 0.25) is 5.02 Å². The molecule has 0 fully saturated rings. The number of anilines is 2. The number of aryl methyl sites for hydroxylation is 1. The lowest BCUT2D eigenvalue weighted by Gasteiger charge is -2.28. The summed E-state index contributed by atoms with van der Waals surface area (Å²) in [5.74, 6) is -0.417. The third kappa shape index (κ3) is 4.49. The van der Waals surface area contributed by atoms with Gasteiger partial charge in [-0.25, -0.2) is 8.42 Å². The van der Waals surface area contributed by atoms with Gasteiger partial charge in [0.1, 0.15) is 6.04 Å². The Bertz CT molecular complexity index is 818. The Kier molecular flexibility index (Phi) is 5.51. The van der Waals surface area contributed by atoms with Gasteiger partial charge in [-0.05, 0) is 50.2 Å². The molecule has 0 saturated heterocycles. The number of carbonyl (C=O) groups is 1. The zero-order valence-electron chi connectivity index (χ0n) is 13.7. The van der Waals surface area contributed by atoms with Gasteiger partial charge in [-0.1, -0.05) is 29.3 Å². The van der Waals surface area contributed by atoms with Crippen molar-refractivity contribution < 1.29 is 13.2 Å². The van der Waals surface area contributed by atoms with Gasteiger partial charge in [0.05, 0.1) is 11.9 Å². The SMILES string of the molecule is Cc1ccc(NC(=O)C(C)N(c2ccc(Cl)cc2)S(C)(=O)=O)cc1. The molecule has 0 radical (unpaired) electrons. The van der Waals surface area contributed by atoms with Crippen molar-refractivity contribution in [3.63, 3.8) is 0 Å². The molecule has 0 spiro atoms. The topological polar surface area (TPSA) is 66.5 Å². The van der Waals surface area contributed by atoms with Crippen LogP contribution < -0.4 is 9.62 Å². The molecule has 0 heterocycles. The number of hydrogen-bond acceptors (Lipinski definition) is 3. The molecule has 2 aromatic carbocycles. The number of nitrogens with zero attached hydrogens (tertiary/aromatic N) is 1. The molecule has 128 valence electrons. The van der Waals surface area contributed by atoms with E-state index < -0.39 is 22.0 Å². The lowest BCUT2D eigenvalue weighted by Crippen LogP contribution is -2.45. The highest BCUT2D eigenvalue weighted by atomic mass is 35.5. The Hall–Kier alpha value is -2.05. The molecule has 0 aliphatic carbocycles. The first-order chi connectivity index (χ1) is 11.2. The molecule has 0 aliphatic heterocycles. The third-order valence-corrected chi connectivity index (χ3v) is 4.98. The van der Waals surface area contributed by atoms with Gasteiger partial charge in [-0.3, -0.25) is 9.10 Å². The largest absolute Gasteiger partial charge is 0.324 e. The van der Waals surface area contributed by atoms with Gasteiger partial charge in [0.2, 0.25) is 15.9 Å². The van der Waals surface area contributed by atoms with Gasteiger partial charge >= 0.3 is 0 Å². The smallest absolute Gasteiger partial charge is 0.247 e. The van der Waals surface area contributed by atoms with Crippen LogP contribution >= 0.6 is 11.6 Å². The molecule has 7 heteroatoms. The highest BCUT2D eigenvalue weighted by molar-refractivity contribution is 7.92. The Morgan fingerprint density at radius 3 is 2.12 bits per heavy atom. The molecule has 2 aromatic rings. The summed E-state index contributed by atoms with van der Waals surface area (Å²) >= 11 is 5.85. The summed E-state index contributed by atoms with van der Waals surface area (Å²) in [6, 6.07) is 12.7. The maximum Gasteiger partial charge on any atom is 0.247 e. The first-order valence-electron chi connectivity index (χ1n) is 7.31. The first kappa shape index (κ1) is 18.3. The highest BCUT2D eigenvalue weighted by Gasteiger charge is 2.29. The maximum absolute atomic E-state index is 12.5. The van der Waals surface area contributed by atoms with Crippen LogP contribution in [-0.4, -0.2) is 26.6 Å². The average molecular weight is 367 g/mol. The second kappa shape index (κ2) is 7.23. The van der Waals surface area contributed by atoms with Gasteiger partial charge in [0.15, 0.2) is 0 Å². The zero-order chi connectivity index (χ0) is 17.9. The molecular formula is C17H19ClN2O3S. The molecule has 1 amide bonds. The van der Waals surface area contributed by atoms with Crippen molar-refractivity contribution in [3.05, 3.63) is 59.1 Å². The number of hydrogen-bond donors (Lipinski definition) is 1. The summed E-state index contributed by atoms with van der Waals surface area (Å²) in [4.78, 5) is 12.5. The predicted molar refractivity (Wildman–Crippen MR) is 98.0 cm³/mol. The van der Waals surface area contributed by atoms with Crippen molar-refractivity contribution in [2.45, 2.75) is 19.9 Å². The molecule has 1 atom stereocenters. The molecule has 24 heavy (non-hydrogen) atoms. The van der Waals surface area contributed by atoms with E-state index in [1.807, 2.05) is 19.1 Å². The van der Waals surface area contributed by atoms with E-state index in [4.69, 9.17) is 11.6 Å². The minimum absolute atomic E-state index is 0.383. The molecule has 1 unspecified atom stereocenters. The van der Waals surface area contributed by atoms with E-state index in [2.05, 4.69) is 5.32 Å². The van der Waals surface area contributed by atoms with Gasteiger partial charge in [-0.15, -0.1) is 0 Å². The lowest BCUT2D eigenvalue weighted by molar-refractivity contribution is -0.116. The van der Waals surface area contributed by atoms with Gasteiger partial charge in [0, 0.05) is 10.7 Å². The second-order valence-corrected chi connectivity index (χ2v) is 7.86. The fraction of sp³-hybridized carbons (Fsp3) is 0.235. The Morgan fingerprint density at radius 2 is 1.62 bits per heavy atom. The van der Waals surface area contributed by atoms with Gasteiger partial charge in [-0.2, -0.15) is 0 Å². The number of amides is 1. The maximum atomic E-state index is 12.5. The van der Waals surface area contributed by atoms with Crippen molar-refractivity contribution >= 4 is 38.9 Å². The summed E-state index contributed by atoms with van der Waals surface area (Å²) in [7, 11) is -3.64. The van der Waals surface area contributed by atoms with Gasteiger partial charge in [0.25, 0.3) is 0 Å². The monoisotopic (exact) mass is 366 g/mol. The van der Waals surface area contributed by atoms with E-state index in [1.165, 1.54) is 0 Å². The van der Waals surface area contributed by atoms with Crippen molar-refractivity contribution in [1.29, 1.82) is 0 Å². The van der Waals surface area contributed by atoms with E-state index in [9.17, 15) is 13.2 Å². The van der Waals surface area contributed by atoms with E-state index in [-0.39, 0.29) is 0 Å². The lowest BCUT2D eigenvalue weighted by atomic mass is 10.2. The number of halogens is 1. The zero-order valence-corrected chi connectivity index (χ0v) is 15.2. The quantitative estimate of drug-likeness (QED) is 0.881. The van der Waals surface area contributed by atoms with E-state index in [0.717, 1.165) is 16.1 Å². The van der Waals surface area contributed by atoms with E-state index in [0.29, 0.717) is 16.4 Å². The van der Waals surface area contributed by atoms with Crippen LogP contribution in [0, 0.1) is 6.92 Å². The van der Waals surface area contributed by atoms with Crippen molar-refractivity contribution in [2.24, 2.45) is 0 Å². The molecule has 0 aromatic heterocycles. The number of sulfonamides is 1. The van der Waals surface area contributed by atoms with Crippen LogP contribution in [0.1, 0.15) is 12.5 Å². The van der Waals surface area contributed by atoms with Crippen molar-refractivity contribution in [2.75, 3.05) is 15.9 Å². The fourth-order valence-corrected chi connectivity index (χ4v) is 3.58. The molecule has 1 N–H and O–H groups in total. The summed E-state index contributed by atoms with van der Waals surface area (Å²) in [6.07, 6.45) is 1.07. The Labute approximate surface area is 147 Å². The third-order valence-electron chi connectivity index (χ3n) is 3.49. The molecule has 5 nitrogen and oxygen atoms in total. The summed E-state index contributed by atoms with van der Waals surface area (Å²) < 4.78 is 25.4. The number of nitrogens with one attached hydrogen (secondary N) is 1. The minimum Gasteiger partial charge on any atom is -0.324 e. The predicted octanol–water partition coefficient (Wildman–Crippen LogP) is 3.44. The average Bonchev–Trinajstić information content (AvgIpc) is 2.50. The van der Waals surface area contributed by atoms with Crippen molar-refractivity contribution in [1.82, 2.24) is 0 Å². The molecule has 2 rings (SSSR count). The van der Waals surface area contributed by atoms with E-state index in [1.54, 1.807) is 43.3 Å². The number of carbonyl (C=O) groups excluding carboxylic acids is 1. The van der Waals surface area contributed by atoms with E-state index >= 15 is 0 Å². The summed E-state index contributed by atoms with van der Waals surface area (Å²) in [5.41, 5.74) is 2.07. The van der Waals surface area contributed by atoms with Crippen LogP contribution in [-0.2, 0) is 14.8 Å². The summed E-state index contributed by atoms with van der Waals surface area (Å²) in [5, 5.41) is 3.22. The van der Waals surface area contributed by atoms with Crippen molar-refractivity contribution in [3.8, 4) is 0 Å². The molecule has 0 bridgehead atoms. The van der Waals surface area contributed by atoms with Gasteiger partial charge < -0.3 is 5.32 Å². The number of rotatable bonds is 5. The Morgan fingerprint density at radius 1 is 1.08 bits per heavy atom. The van der Waals surface area contributed by atoms with Crippen LogP contribution in [0.25, 0.3) is 0 Å². The van der Waals surface area contributed by atoms with Crippen LogP contribution in [0.15, 0.2) is 48.5 Å². The standard InChI is InChI=1S/C17H19ClN2O3S/c1-12-4-8-15(9-5-12)19-17(21)13(2)20(24(3,22)23)16-10-6-14(18)7-11-16/h4-11,13H,1-3H3,(H,19,21). The number of benzene rings is 2. The molecule has 0 saturated carbocycles. The molecule has 0 aliphatic rings. The minimum atomic E-state index is -3.64. The second-order valence-electron chi connectivity index (χ2n) is 5.57. The van der Waals surface area contributed by atoms with Crippen LogP contribution in [0.4, 0.5) is 11.4 Å². The normalized spacial score (nSPS) is 12.5. The summed E-state index contributed by atoms with van der Waals surface area (Å²) in [6.45, 7) is 3.49. The Balaban J connectivity index is 2.27. The first-order valence-corrected chi connectivity index (χ1v) is 9.53. The highest BCUT2D eigenvalue weighted by Crippen LogP contribution is 2.23. The fourth-order valence-electron chi connectivity index (χ4n) is 2.28. The van der Waals surface area contributed by atoms with Crippen LogP contribution in [0.3, 0.4) is 0 Å². The van der Waals surface area contributed by atoms with Crippen LogP contribution in [0.5, 0.6) is 0 Å². The molecular weight excluding hydrogens is 348 g/mol.